The molecule has 0 spiro atoms. The SMILES string of the molecule is CCc1cccc2nc(-c3ccc(Cl)cc3)oc12. The molecular weight excluding hydrogens is 246 g/mol. The highest BCUT2D eigenvalue weighted by molar-refractivity contribution is 6.30. The van der Waals surface area contributed by atoms with Crippen molar-refractivity contribution >= 4 is 22.7 Å². The fourth-order valence-electron chi connectivity index (χ4n) is 2.00. The summed E-state index contributed by atoms with van der Waals surface area (Å²) in [4.78, 5) is 4.51. The van der Waals surface area contributed by atoms with E-state index in [9.17, 15) is 0 Å². The van der Waals surface area contributed by atoms with Crippen LogP contribution < -0.4 is 0 Å². The van der Waals surface area contributed by atoms with Crippen LogP contribution in [0.4, 0.5) is 0 Å². The van der Waals surface area contributed by atoms with E-state index < -0.39 is 0 Å². The van der Waals surface area contributed by atoms with Crippen molar-refractivity contribution in [2.75, 3.05) is 0 Å². The van der Waals surface area contributed by atoms with Gasteiger partial charge in [-0.15, -0.1) is 0 Å². The normalized spacial score (nSPS) is 11.0. The summed E-state index contributed by atoms with van der Waals surface area (Å²) in [6, 6.07) is 13.6. The lowest BCUT2D eigenvalue weighted by molar-refractivity contribution is 0.615. The Morgan fingerprint density at radius 1 is 1.11 bits per heavy atom. The molecule has 0 saturated carbocycles. The molecule has 90 valence electrons. The van der Waals surface area contributed by atoms with E-state index in [0.29, 0.717) is 10.9 Å². The molecule has 0 bridgehead atoms. The first kappa shape index (κ1) is 11.3. The molecule has 1 aromatic heterocycles. The predicted molar refractivity (Wildman–Crippen MR) is 73.8 cm³/mol. The van der Waals surface area contributed by atoms with E-state index in [1.54, 1.807) is 0 Å². The average molecular weight is 258 g/mol. The molecule has 0 fully saturated rings. The van der Waals surface area contributed by atoms with Crippen LogP contribution in [0.3, 0.4) is 0 Å². The fraction of sp³-hybridized carbons (Fsp3) is 0.133. The predicted octanol–water partition coefficient (Wildman–Crippen LogP) is 4.71. The first-order chi connectivity index (χ1) is 8.78. The van der Waals surface area contributed by atoms with Crippen molar-refractivity contribution in [1.82, 2.24) is 4.98 Å². The van der Waals surface area contributed by atoms with Crippen LogP contribution in [0, 0.1) is 0 Å². The fourth-order valence-corrected chi connectivity index (χ4v) is 2.13. The van der Waals surface area contributed by atoms with Gasteiger partial charge >= 0.3 is 0 Å². The lowest BCUT2D eigenvalue weighted by Crippen LogP contribution is -1.79. The second-order valence-electron chi connectivity index (χ2n) is 4.14. The van der Waals surface area contributed by atoms with Crippen LogP contribution in [0.5, 0.6) is 0 Å². The van der Waals surface area contributed by atoms with Crippen LogP contribution in [0.25, 0.3) is 22.6 Å². The Hall–Kier alpha value is -1.80. The summed E-state index contributed by atoms with van der Waals surface area (Å²) in [5.74, 6) is 0.641. The van der Waals surface area contributed by atoms with Crippen molar-refractivity contribution in [1.29, 1.82) is 0 Å². The second kappa shape index (κ2) is 4.46. The van der Waals surface area contributed by atoms with E-state index in [1.807, 2.05) is 36.4 Å². The van der Waals surface area contributed by atoms with Gasteiger partial charge in [0, 0.05) is 10.6 Å². The molecule has 0 aliphatic rings. The minimum absolute atomic E-state index is 0.641. The van der Waals surface area contributed by atoms with Gasteiger partial charge in [0.1, 0.15) is 5.52 Å². The summed E-state index contributed by atoms with van der Waals surface area (Å²) in [5, 5.41) is 0.712. The number of para-hydroxylation sites is 1. The minimum atomic E-state index is 0.641. The van der Waals surface area contributed by atoms with Gasteiger partial charge in [-0.2, -0.15) is 0 Å². The highest BCUT2D eigenvalue weighted by atomic mass is 35.5. The summed E-state index contributed by atoms with van der Waals surface area (Å²) < 4.78 is 5.86. The number of aryl methyl sites for hydroxylation is 1. The smallest absolute Gasteiger partial charge is 0.227 e. The Morgan fingerprint density at radius 2 is 1.89 bits per heavy atom. The first-order valence-corrected chi connectivity index (χ1v) is 6.30. The lowest BCUT2D eigenvalue weighted by Gasteiger charge is -1.96. The van der Waals surface area contributed by atoms with Crippen molar-refractivity contribution in [3.05, 3.63) is 53.1 Å². The number of hydrogen-bond acceptors (Lipinski definition) is 2. The summed E-state index contributed by atoms with van der Waals surface area (Å²) >= 11 is 5.87. The zero-order valence-corrected chi connectivity index (χ0v) is 10.7. The molecule has 0 saturated heterocycles. The van der Waals surface area contributed by atoms with Crippen molar-refractivity contribution in [2.45, 2.75) is 13.3 Å². The Kier molecular flexibility index (Phi) is 2.80. The topological polar surface area (TPSA) is 26.0 Å². The summed E-state index contributed by atoms with van der Waals surface area (Å²) in [7, 11) is 0. The van der Waals surface area contributed by atoms with Crippen molar-refractivity contribution in [3.8, 4) is 11.5 Å². The van der Waals surface area contributed by atoms with Crippen LogP contribution in [-0.2, 0) is 6.42 Å². The molecule has 2 aromatic carbocycles. The van der Waals surface area contributed by atoms with Crippen LogP contribution in [-0.4, -0.2) is 4.98 Å². The van der Waals surface area contributed by atoms with E-state index >= 15 is 0 Å². The lowest BCUT2D eigenvalue weighted by atomic mass is 10.1. The summed E-state index contributed by atoms with van der Waals surface area (Å²) in [6.45, 7) is 2.11. The molecule has 0 aliphatic heterocycles. The van der Waals surface area contributed by atoms with Gasteiger partial charge in [-0.3, -0.25) is 0 Å². The van der Waals surface area contributed by atoms with Gasteiger partial charge in [0.25, 0.3) is 0 Å². The summed E-state index contributed by atoms with van der Waals surface area (Å²) in [6.07, 6.45) is 0.937. The van der Waals surface area contributed by atoms with Crippen LogP contribution in [0.1, 0.15) is 12.5 Å². The summed E-state index contributed by atoms with van der Waals surface area (Å²) in [5.41, 5.74) is 3.90. The van der Waals surface area contributed by atoms with Crippen LogP contribution in [0.15, 0.2) is 46.9 Å². The van der Waals surface area contributed by atoms with Crippen molar-refractivity contribution in [3.63, 3.8) is 0 Å². The largest absolute Gasteiger partial charge is 0.436 e. The first-order valence-electron chi connectivity index (χ1n) is 5.92. The number of oxazole rings is 1. The van der Waals surface area contributed by atoms with Gasteiger partial charge in [-0.1, -0.05) is 30.7 Å². The Morgan fingerprint density at radius 3 is 2.61 bits per heavy atom. The van der Waals surface area contributed by atoms with E-state index in [1.165, 1.54) is 5.56 Å². The molecule has 0 atom stereocenters. The third-order valence-corrected chi connectivity index (χ3v) is 3.22. The molecule has 2 nitrogen and oxygen atoms in total. The zero-order valence-electron chi connectivity index (χ0n) is 9.98. The third-order valence-electron chi connectivity index (χ3n) is 2.97. The molecule has 0 amide bonds. The monoisotopic (exact) mass is 257 g/mol. The van der Waals surface area contributed by atoms with E-state index in [4.69, 9.17) is 16.0 Å². The Labute approximate surface area is 110 Å². The zero-order chi connectivity index (χ0) is 12.5. The number of fused-ring (bicyclic) bond motifs is 1. The maximum Gasteiger partial charge on any atom is 0.227 e. The maximum atomic E-state index is 5.87. The van der Waals surface area contributed by atoms with E-state index in [2.05, 4.69) is 18.0 Å². The second-order valence-corrected chi connectivity index (χ2v) is 4.58. The van der Waals surface area contributed by atoms with Crippen molar-refractivity contribution < 1.29 is 4.42 Å². The Bertz CT molecular complexity index is 685. The minimum Gasteiger partial charge on any atom is -0.436 e. The highest BCUT2D eigenvalue weighted by Crippen LogP contribution is 2.27. The molecule has 0 N–H and O–H groups in total. The molecule has 0 unspecified atom stereocenters. The maximum absolute atomic E-state index is 5.87. The Balaban J connectivity index is 2.16. The third kappa shape index (κ3) is 1.89. The standard InChI is InChI=1S/C15H12ClNO/c1-2-10-4-3-5-13-14(10)18-15(17-13)11-6-8-12(16)9-7-11/h3-9H,2H2,1H3. The van der Waals surface area contributed by atoms with Gasteiger partial charge in [-0.05, 0) is 42.3 Å². The van der Waals surface area contributed by atoms with Crippen LogP contribution >= 0.6 is 11.6 Å². The molecule has 18 heavy (non-hydrogen) atoms. The molecular formula is C15H12ClNO. The number of rotatable bonds is 2. The molecule has 3 heteroatoms. The van der Waals surface area contributed by atoms with Gasteiger partial charge in [0.05, 0.1) is 0 Å². The quantitative estimate of drug-likeness (QED) is 0.664. The molecule has 3 aromatic rings. The van der Waals surface area contributed by atoms with Gasteiger partial charge in [0.15, 0.2) is 5.58 Å². The van der Waals surface area contributed by atoms with Crippen LogP contribution in [0.2, 0.25) is 5.02 Å². The highest BCUT2D eigenvalue weighted by Gasteiger charge is 2.10. The van der Waals surface area contributed by atoms with Gasteiger partial charge in [0.2, 0.25) is 5.89 Å². The van der Waals surface area contributed by atoms with Gasteiger partial charge in [-0.25, -0.2) is 4.98 Å². The molecule has 1 heterocycles. The molecule has 0 radical (unpaired) electrons. The van der Waals surface area contributed by atoms with Gasteiger partial charge < -0.3 is 4.42 Å². The number of benzene rings is 2. The average Bonchev–Trinajstić information content (AvgIpc) is 2.83. The number of aromatic nitrogens is 1. The van der Waals surface area contributed by atoms with Crippen molar-refractivity contribution in [2.24, 2.45) is 0 Å². The number of hydrogen-bond donors (Lipinski definition) is 0. The molecule has 0 aliphatic carbocycles. The number of halogens is 1. The number of nitrogens with zero attached hydrogens (tertiary/aromatic N) is 1. The van der Waals surface area contributed by atoms with E-state index in [0.717, 1.165) is 23.1 Å². The van der Waals surface area contributed by atoms with E-state index in [-0.39, 0.29) is 0 Å². The molecule has 3 rings (SSSR count).